The number of nitrogens with zero attached hydrogens (tertiary/aromatic N) is 2. The van der Waals surface area contributed by atoms with E-state index in [1.807, 2.05) is 48.9 Å². The molecule has 0 aliphatic carbocycles. The van der Waals surface area contributed by atoms with Crippen molar-refractivity contribution in [3.05, 3.63) is 53.3 Å². The molecule has 0 bridgehead atoms. The lowest BCUT2D eigenvalue weighted by atomic mass is 9.88. The molecule has 0 saturated heterocycles. The highest BCUT2D eigenvalue weighted by Gasteiger charge is 2.30. The highest BCUT2D eigenvalue weighted by Crippen LogP contribution is 2.17. The summed E-state index contributed by atoms with van der Waals surface area (Å²) in [6.07, 6.45) is 1.63. The third-order valence-corrected chi connectivity index (χ3v) is 4.62. The Balaban J connectivity index is 0.00000288. The quantitative estimate of drug-likeness (QED) is 0.841. The van der Waals surface area contributed by atoms with Crippen molar-refractivity contribution in [3.8, 4) is 0 Å². The summed E-state index contributed by atoms with van der Waals surface area (Å²) >= 11 is 0. The van der Waals surface area contributed by atoms with Crippen LogP contribution in [0.1, 0.15) is 42.4 Å². The molecule has 0 spiro atoms. The Hall–Kier alpha value is -1.85. The Kier molecular flexibility index (Phi) is 6.99. The molecule has 0 saturated carbocycles. The summed E-state index contributed by atoms with van der Waals surface area (Å²) in [6.45, 7) is 9.04. The van der Waals surface area contributed by atoms with Gasteiger partial charge in [-0.25, -0.2) is 0 Å². The van der Waals surface area contributed by atoms with Crippen LogP contribution in [-0.2, 0) is 6.54 Å². The van der Waals surface area contributed by atoms with Gasteiger partial charge in [-0.05, 0) is 25.3 Å². The Morgan fingerprint density at radius 2 is 1.96 bits per heavy atom. The second-order valence-corrected chi connectivity index (χ2v) is 6.52. The van der Waals surface area contributed by atoms with Gasteiger partial charge in [0.25, 0.3) is 5.91 Å². The van der Waals surface area contributed by atoms with E-state index >= 15 is 0 Å². The van der Waals surface area contributed by atoms with E-state index in [0.29, 0.717) is 18.7 Å². The number of rotatable bonds is 6. The van der Waals surface area contributed by atoms with Gasteiger partial charge in [0.05, 0.1) is 23.8 Å². The van der Waals surface area contributed by atoms with Crippen molar-refractivity contribution in [2.75, 3.05) is 6.54 Å². The topological polar surface area (TPSA) is 72.9 Å². The Bertz CT molecular complexity index is 669. The van der Waals surface area contributed by atoms with E-state index in [1.54, 1.807) is 6.20 Å². The van der Waals surface area contributed by atoms with E-state index in [2.05, 4.69) is 24.3 Å². The fraction of sp³-hybridized carbons (Fsp3) is 0.444. The van der Waals surface area contributed by atoms with Crippen molar-refractivity contribution >= 4 is 18.3 Å². The second-order valence-electron chi connectivity index (χ2n) is 6.52. The molecule has 2 rings (SSSR count). The molecule has 1 amide bonds. The van der Waals surface area contributed by atoms with Gasteiger partial charge in [0, 0.05) is 12.2 Å². The molecule has 0 aliphatic rings. The van der Waals surface area contributed by atoms with Gasteiger partial charge >= 0.3 is 0 Å². The van der Waals surface area contributed by atoms with Gasteiger partial charge in [0.1, 0.15) is 0 Å². The first kappa shape index (κ1) is 20.2. The molecule has 0 fully saturated rings. The summed E-state index contributed by atoms with van der Waals surface area (Å²) in [6, 6.07) is 10.1. The summed E-state index contributed by atoms with van der Waals surface area (Å²) in [4.78, 5) is 12.6. The molecule has 0 radical (unpaired) electrons. The fourth-order valence-corrected chi connectivity index (χ4v) is 2.34. The molecule has 3 N–H and O–H groups in total. The number of amides is 1. The average molecular weight is 351 g/mol. The monoisotopic (exact) mass is 350 g/mol. The van der Waals surface area contributed by atoms with Crippen LogP contribution in [0.4, 0.5) is 0 Å². The highest BCUT2D eigenvalue weighted by molar-refractivity contribution is 5.95. The van der Waals surface area contributed by atoms with Crippen molar-refractivity contribution in [2.24, 2.45) is 11.7 Å². The van der Waals surface area contributed by atoms with Crippen LogP contribution in [0.25, 0.3) is 0 Å². The van der Waals surface area contributed by atoms with Crippen molar-refractivity contribution in [2.45, 2.75) is 39.8 Å². The zero-order chi connectivity index (χ0) is 17.0. The zero-order valence-electron chi connectivity index (χ0n) is 14.7. The van der Waals surface area contributed by atoms with Crippen LogP contribution in [-0.4, -0.2) is 27.8 Å². The number of nitrogens with one attached hydrogen (secondary N) is 1. The molecular formula is C18H27ClN4O. The van der Waals surface area contributed by atoms with Gasteiger partial charge in [-0.1, -0.05) is 44.2 Å². The number of aromatic nitrogens is 2. The Morgan fingerprint density at radius 3 is 2.50 bits per heavy atom. The van der Waals surface area contributed by atoms with Gasteiger partial charge in [-0.15, -0.1) is 12.4 Å². The first-order valence-corrected chi connectivity index (χ1v) is 7.96. The molecule has 2 aromatic rings. The van der Waals surface area contributed by atoms with E-state index in [0.717, 1.165) is 11.3 Å². The molecule has 6 heteroatoms. The predicted molar refractivity (Wildman–Crippen MR) is 99.5 cm³/mol. The predicted octanol–water partition coefficient (Wildman–Crippen LogP) is 2.76. The van der Waals surface area contributed by atoms with Crippen molar-refractivity contribution in [1.29, 1.82) is 0 Å². The average Bonchev–Trinajstić information content (AvgIpc) is 2.89. The highest BCUT2D eigenvalue weighted by atomic mass is 35.5. The largest absolute Gasteiger partial charge is 0.345 e. The summed E-state index contributed by atoms with van der Waals surface area (Å²) in [5.74, 6) is 0.125. The van der Waals surface area contributed by atoms with Crippen LogP contribution in [0.2, 0.25) is 0 Å². The van der Waals surface area contributed by atoms with Crippen LogP contribution in [0.15, 0.2) is 36.5 Å². The Morgan fingerprint density at radius 1 is 1.33 bits per heavy atom. The van der Waals surface area contributed by atoms with Gasteiger partial charge in [0.15, 0.2) is 0 Å². The molecule has 132 valence electrons. The SMILES string of the molecule is Cc1c(C(=O)NC(C)(CN)C(C)C)cnn1Cc1ccccc1.Cl. The van der Waals surface area contributed by atoms with Gasteiger partial charge in [-0.3, -0.25) is 9.48 Å². The molecule has 1 aromatic carbocycles. The maximum atomic E-state index is 12.6. The molecule has 24 heavy (non-hydrogen) atoms. The van der Waals surface area contributed by atoms with Gasteiger partial charge in [-0.2, -0.15) is 5.10 Å². The van der Waals surface area contributed by atoms with E-state index in [9.17, 15) is 4.79 Å². The second kappa shape index (κ2) is 8.31. The summed E-state index contributed by atoms with van der Waals surface area (Å²) in [5.41, 5.74) is 8.03. The van der Waals surface area contributed by atoms with Crippen LogP contribution in [0.5, 0.6) is 0 Å². The number of carbonyl (C=O) groups is 1. The van der Waals surface area contributed by atoms with E-state index in [4.69, 9.17) is 5.73 Å². The first-order valence-electron chi connectivity index (χ1n) is 7.96. The lowest BCUT2D eigenvalue weighted by Crippen LogP contribution is -2.55. The minimum Gasteiger partial charge on any atom is -0.345 e. The smallest absolute Gasteiger partial charge is 0.255 e. The number of hydrogen-bond donors (Lipinski definition) is 2. The van der Waals surface area contributed by atoms with Crippen molar-refractivity contribution in [3.63, 3.8) is 0 Å². The van der Waals surface area contributed by atoms with E-state index in [1.165, 1.54) is 0 Å². The van der Waals surface area contributed by atoms with Crippen LogP contribution < -0.4 is 11.1 Å². The minimum absolute atomic E-state index is 0. The normalized spacial score (nSPS) is 13.2. The van der Waals surface area contributed by atoms with Crippen LogP contribution >= 0.6 is 12.4 Å². The number of hydrogen-bond acceptors (Lipinski definition) is 3. The molecular weight excluding hydrogens is 324 g/mol. The minimum atomic E-state index is -0.426. The number of nitrogens with two attached hydrogens (primary N) is 1. The summed E-state index contributed by atoms with van der Waals surface area (Å²) in [7, 11) is 0. The van der Waals surface area contributed by atoms with Crippen LogP contribution in [0.3, 0.4) is 0 Å². The lowest BCUT2D eigenvalue weighted by Gasteiger charge is -2.33. The molecule has 1 heterocycles. The molecule has 1 atom stereocenters. The lowest BCUT2D eigenvalue weighted by molar-refractivity contribution is 0.0882. The first-order chi connectivity index (χ1) is 10.9. The van der Waals surface area contributed by atoms with E-state index < -0.39 is 5.54 Å². The van der Waals surface area contributed by atoms with Crippen LogP contribution in [0, 0.1) is 12.8 Å². The molecule has 1 unspecified atom stereocenters. The zero-order valence-corrected chi connectivity index (χ0v) is 15.6. The fourth-order valence-electron chi connectivity index (χ4n) is 2.34. The maximum absolute atomic E-state index is 12.6. The number of carbonyl (C=O) groups excluding carboxylic acids is 1. The molecule has 0 aliphatic heterocycles. The third-order valence-electron chi connectivity index (χ3n) is 4.62. The standard InChI is InChI=1S/C18H26N4O.ClH/c1-13(2)18(4,12-19)21-17(23)16-10-20-22(14(16)3)11-15-8-6-5-7-9-15;/h5-10,13H,11-12,19H2,1-4H3,(H,21,23);1H. The maximum Gasteiger partial charge on any atom is 0.255 e. The summed E-state index contributed by atoms with van der Waals surface area (Å²) in [5, 5.41) is 7.42. The molecule has 5 nitrogen and oxygen atoms in total. The number of halogens is 1. The van der Waals surface area contributed by atoms with Crippen molar-refractivity contribution < 1.29 is 4.79 Å². The molecule has 1 aromatic heterocycles. The van der Waals surface area contributed by atoms with E-state index in [-0.39, 0.29) is 24.2 Å². The summed E-state index contributed by atoms with van der Waals surface area (Å²) < 4.78 is 1.85. The Labute approximate surface area is 150 Å². The third kappa shape index (κ3) is 4.36. The number of benzene rings is 1. The van der Waals surface area contributed by atoms with Crippen molar-refractivity contribution in [1.82, 2.24) is 15.1 Å². The van der Waals surface area contributed by atoms with Gasteiger partial charge < -0.3 is 11.1 Å². The van der Waals surface area contributed by atoms with Gasteiger partial charge in [0.2, 0.25) is 0 Å².